The highest BCUT2D eigenvalue weighted by Crippen LogP contribution is 2.23. The van der Waals surface area contributed by atoms with Crippen LogP contribution < -0.4 is 15.4 Å². The van der Waals surface area contributed by atoms with Gasteiger partial charge in [0, 0.05) is 0 Å². The molecule has 110 valence electrons. The Morgan fingerprint density at radius 1 is 1.10 bits per heavy atom. The summed E-state index contributed by atoms with van der Waals surface area (Å²) in [6, 6.07) is 17.0. The van der Waals surface area contributed by atoms with Crippen LogP contribution in [0, 0.1) is 0 Å². The zero-order chi connectivity index (χ0) is 15.1. The molecule has 0 aliphatic carbocycles. The number of ether oxygens (including phenoxy) is 1. The van der Waals surface area contributed by atoms with Gasteiger partial charge in [0.1, 0.15) is 5.75 Å². The highest BCUT2D eigenvalue weighted by atomic mass is 16.5. The predicted octanol–water partition coefficient (Wildman–Crippen LogP) is 3.97. The van der Waals surface area contributed by atoms with Crippen molar-refractivity contribution in [3.05, 3.63) is 60.2 Å². The van der Waals surface area contributed by atoms with Gasteiger partial charge in [-0.05, 0) is 24.1 Å². The van der Waals surface area contributed by atoms with E-state index < -0.39 is 0 Å². The Morgan fingerprint density at radius 2 is 1.76 bits per heavy atom. The molecule has 0 unspecified atom stereocenters. The van der Waals surface area contributed by atoms with Crippen molar-refractivity contribution in [1.29, 1.82) is 0 Å². The third kappa shape index (κ3) is 3.99. The number of anilines is 1. The van der Waals surface area contributed by atoms with E-state index in [9.17, 15) is 4.79 Å². The van der Waals surface area contributed by atoms with E-state index in [0.717, 1.165) is 12.0 Å². The van der Waals surface area contributed by atoms with Crippen molar-refractivity contribution in [2.75, 3.05) is 12.4 Å². The molecule has 0 radical (unpaired) electrons. The van der Waals surface area contributed by atoms with E-state index >= 15 is 0 Å². The molecule has 2 N–H and O–H groups in total. The van der Waals surface area contributed by atoms with Crippen LogP contribution in [0.4, 0.5) is 10.5 Å². The number of hydrogen-bond acceptors (Lipinski definition) is 2. The molecule has 0 spiro atoms. The number of carbonyl (C=O) groups is 1. The molecule has 2 aromatic rings. The van der Waals surface area contributed by atoms with E-state index in [2.05, 4.69) is 10.6 Å². The summed E-state index contributed by atoms with van der Waals surface area (Å²) in [5.41, 5.74) is 1.75. The number of para-hydroxylation sites is 2. The maximum absolute atomic E-state index is 12.1. The van der Waals surface area contributed by atoms with E-state index in [1.54, 1.807) is 7.11 Å². The van der Waals surface area contributed by atoms with Crippen molar-refractivity contribution >= 4 is 11.7 Å². The summed E-state index contributed by atoms with van der Waals surface area (Å²) in [6.45, 7) is 2.04. The number of urea groups is 1. The monoisotopic (exact) mass is 284 g/mol. The lowest BCUT2D eigenvalue weighted by atomic mass is 10.1. The third-order valence-corrected chi connectivity index (χ3v) is 3.27. The zero-order valence-corrected chi connectivity index (χ0v) is 12.3. The Bertz CT molecular complexity index is 584. The van der Waals surface area contributed by atoms with Gasteiger partial charge in [-0.15, -0.1) is 0 Å². The van der Waals surface area contributed by atoms with Gasteiger partial charge >= 0.3 is 6.03 Å². The molecule has 0 aromatic heterocycles. The van der Waals surface area contributed by atoms with Crippen LogP contribution in [0.2, 0.25) is 0 Å². The maximum atomic E-state index is 12.1. The highest BCUT2D eigenvalue weighted by Gasteiger charge is 2.13. The minimum atomic E-state index is -0.241. The van der Waals surface area contributed by atoms with Gasteiger partial charge in [0.2, 0.25) is 0 Å². The molecule has 4 heteroatoms. The van der Waals surface area contributed by atoms with Crippen molar-refractivity contribution in [2.45, 2.75) is 19.4 Å². The van der Waals surface area contributed by atoms with E-state index in [-0.39, 0.29) is 12.1 Å². The van der Waals surface area contributed by atoms with Crippen molar-refractivity contribution in [2.24, 2.45) is 0 Å². The average molecular weight is 284 g/mol. The molecule has 2 rings (SSSR count). The molecule has 1 atom stereocenters. The maximum Gasteiger partial charge on any atom is 0.319 e. The first-order valence-electron chi connectivity index (χ1n) is 7.00. The Kier molecular flexibility index (Phi) is 5.21. The standard InChI is InChI=1S/C17H20N2O2/c1-3-14(13-9-5-4-6-10-13)18-17(20)19-15-11-7-8-12-16(15)21-2/h4-12,14H,3H2,1-2H3,(H2,18,19,20)/t14-/m1/s1. The Morgan fingerprint density at radius 3 is 2.43 bits per heavy atom. The summed E-state index contributed by atoms with van der Waals surface area (Å²) in [5, 5.41) is 5.80. The van der Waals surface area contributed by atoms with Crippen LogP contribution in [0.25, 0.3) is 0 Å². The van der Waals surface area contributed by atoms with E-state index in [1.165, 1.54) is 0 Å². The van der Waals surface area contributed by atoms with Crippen LogP contribution in [0.5, 0.6) is 5.75 Å². The summed E-state index contributed by atoms with van der Waals surface area (Å²) < 4.78 is 5.22. The number of rotatable bonds is 5. The van der Waals surface area contributed by atoms with E-state index in [1.807, 2.05) is 61.5 Å². The van der Waals surface area contributed by atoms with Crippen molar-refractivity contribution < 1.29 is 9.53 Å². The number of amides is 2. The first-order chi connectivity index (χ1) is 10.2. The minimum Gasteiger partial charge on any atom is -0.495 e. The number of nitrogens with one attached hydrogen (secondary N) is 2. The van der Waals surface area contributed by atoms with Crippen LogP contribution in [-0.2, 0) is 0 Å². The Hall–Kier alpha value is -2.49. The summed E-state index contributed by atoms with van der Waals surface area (Å²) in [4.78, 5) is 12.1. The molecular formula is C17H20N2O2. The van der Waals surface area contributed by atoms with Gasteiger partial charge in [-0.1, -0.05) is 49.4 Å². The first-order valence-corrected chi connectivity index (χ1v) is 7.00. The molecule has 0 saturated heterocycles. The predicted molar refractivity (Wildman–Crippen MR) is 84.6 cm³/mol. The quantitative estimate of drug-likeness (QED) is 0.873. The molecule has 2 amide bonds. The lowest BCUT2D eigenvalue weighted by Gasteiger charge is -2.18. The Labute approximate surface area is 125 Å². The normalized spacial score (nSPS) is 11.5. The molecule has 21 heavy (non-hydrogen) atoms. The van der Waals surface area contributed by atoms with E-state index in [4.69, 9.17) is 4.74 Å². The molecule has 2 aromatic carbocycles. The number of hydrogen-bond donors (Lipinski definition) is 2. The molecular weight excluding hydrogens is 264 g/mol. The number of methoxy groups -OCH3 is 1. The fourth-order valence-corrected chi connectivity index (χ4v) is 2.17. The second kappa shape index (κ2) is 7.33. The fraction of sp³-hybridized carbons (Fsp3) is 0.235. The van der Waals surface area contributed by atoms with Crippen molar-refractivity contribution in [3.8, 4) is 5.75 Å². The van der Waals surface area contributed by atoms with Gasteiger partial charge < -0.3 is 15.4 Å². The average Bonchev–Trinajstić information content (AvgIpc) is 2.54. The van der Waals surface area contributed by atoms with Crippen molar-refractivity contribution in [3.63, 3.8) is 0 Å². The molecule has 0 aliphatic heterocycles. The first kappa shape index (κ1) is 14.9. The molecule has 0 bridgehead atoms. The fourth-order valence-electron chi connectivity index (χ4n) is 2.17. The highest BCUT2D eigenvalue weighted by molar-refractivity contribution is 5.91. The summed E-state index contributed by atoms with van der Waals surface area (Å²) in [5.74, 6) is 0.639. The van der Waals surface area contributed by atoms with Gasteiger partial charge in [-0.25, -0.2) is 4.79 Å². The lowest BCUT2D eigenvalue weighted by Crippen LogP contribution is -2.32. The van der Waals surface area contributed by atoms with Gasteiger partial charge in [0.05, 0.1) is 18.8 Å². The molecule has 4 nitrogen and oxygen atoms in total. The molecule has 0 saturated carbocycles. The summed E-state index contributed by atoms with van der Waals surface area (Å²) >= 11 is 0. The van der Waals surface area contributed by atoms with Crippen LogP contribution >= 0.6 is 0 Å². The molecule has 0 aliphatic rings. The smallest absolute Gasteiger partial charge is 0.319 e. The largest absolute Gasteiger partial charge is 0.495 e. The summed E-state index contributed by atoms with van der Waals surface area (Å²) in [6.07, 6.45) is 0.823. The van der Waals surface area contributed by atoms with Gasteiger partial charge in [0.25, 0.3) is 0 Å². The molecule has 0 fully saturated rings. The second-order valence-electron chi connectivity index (χ2n) is 4.67. The second-order valence-corrected chi connectivity index (χ2v) is 4.67. The number of benzene rings is 2. The van der Waals surface area contributed by atoms with Crippen molar-refractivity contribution in [1.82, 2.24) is 5.32 Å². The van der Waals surface area contributed by atoms with Gasteiger partial charge in [0.15, 0.2) is 0 Å². The van der Waals surface area contributed by atoms with Gasteiger partial charge in [-0.2, -0.15) is 0 Å². The number of carbonyl (C=O) groups excluding carboxylic acids is 1. The zero-order valence-electron chi connectivity index (χ0n) is 12.3. The van der Waals surface area contributed by atoms with Crippen LogP contribution in [0.15, 0.2) is 54.6 Å². The lowest BCUT2D eigenvalue weighted by molar-refractivity contribution is 0.248. The van der Waals surface area contributed by atoms with Gasteiger partial charge in [-0.3, -0.25) is 0 Å². The van der Waals surface area contributed by atoms with Crippen LogP contribution in [0.3, 0.4) is 0 Å². The molecule has 0 heterocycles. The third-order valence-electron chi connectivity index (χ3n) is 3.27. The SMILES string of the molecule is CC[C@@H](NC(=O)Nc1ccccc1OC)c1ccccc1. The van der Waals surface area contributed by atoms with Crippen LogP contribution in [0.1, 0.15) is 24.9 Å². The topological polar surface area (TPSA) is 50.4 Å². The van der Waals surface area contributed by atoms with E-state index in [0.29, 0.717) is 11.4 Å². The summed E-state index contributed by atoms with van der Waals surface area (Å²) in [7, 11) is 1.58. The Balaban J connectivity index is 2.03. The minimum absolute atomic E-state index is 0.0130. The van der Waals surface area contributed by atoms with Crippen LogP contribution in [-0.4, -0.2) is 13.1 Å².